The summed E-state index contributed by atoms with van der Waals surface area (Å²) in [7, 11) is 4.81. The van der Waals surface area contributed by atoms with Crippen LogP contribution in [0.3, 0.4) is 0 Å². The molecule has 7 nitrogen and oxygen atoms in total. The van der Waals surface area contributed by atoms with Gasteiger partial charge in [0.25, 0.3) is 0 Å². The second-order valence-electron chi connectivity index (χ2n) is 9.95. The number of benzene rings is 3. The zero-order chi connectivity index (χ0) is 28.5. The van der Waals surface area contributed by atoms with Crippen molar-refractivity contribution in [2.45, 2.75) is 44.1 Å². The largest absolute Gasteiger partial charge is 0.493 e. The molecule has 0 spiro atoms. The topological polar surface area (TPSA) is 80.9 Å². The number of rotatable bonds is 12. The van der Waals surface area contributed by atoms with Gasteiger partial charge in [0.1, 0.15) is 0 Å². The molecular formula is C31H37Cl2N3O4. The molecular weight excluding hydrogens is 549 g/mol. The van der Waals surface area contributed by atoms with Crippen molar-refractivity contribution >= 4 is 34.9 Å². The number of urea groups is 1. The Bertz CT molecular complexity index is 1230. The van der Waals surface area contributed by atoms with Crippen LogP contribution >= 0.6 is 23.2 Å². The lowest BCUT2D eigenvalue weighted by Gasteiger charge is -2.21. The molecule has 1 atom stereocenters. The SMILES string of the molecule is COc1cc(-c2ccc(C(CCNC3CCCC3)CNC(=O)Nc3cc(Cl)cc(Cl)c3)cc2)cc(OC)c1OC. The first kappa shape index (κ1) is 29.8. The highest BCUT2D eigenvalue weighted by molar-refractivity contribution is 6.35. The van der Waals surface area contributed by atoms with E-state index < -0.39 is 0 Å². The first-order valence-corrected chi connectivity index (χ1v) is 14.3. The summed E-state index contributed by atoms with van der Waals surface area (Å²) in [6.45, 7) is 1.37. The predicted molar refractivity (Wildman–Crippen MR) is 163 cm³/mol. The van der Waals surface area contributed by atoms with E-state index in [1.807, 2.05) is 12.1 Å². The van der Waals surface area contributed by atoms with Gasteiger partial charge >= 0.3 is 6.03 Å². The lowest BCUT2D eigenvalue weighted by Crippen LogP contribution is -2.34. The second kappa shape index (κ2) is 14.5. The number of carbonyl (C=O) groups is 1. The van der Waals surface area contributed by atoms with Crippen molar-refractivity contribution in [1.29, 1.82) is 0 Å². The Kier molecular flexibility index (Phi) is 10.8. The molecule has 40 heavy (non-hydrogen) atoms. The number of halogens is 2. The van der Waals surface area contributed by atoms with Crippen molar-refractivity contribution in [1.82, 2.24) is 10.6 Å². The maximum Gasteiger partial charge on any atom is 0.319 e. The average Bonchev–Trinajstić information content (AvgIpc) is 3.47. The van der Waals surface area contributed by atoms with Crippen LogP contribution in [0.4, 0.5) is 10.5 Å². The maximum absolute atomic E-state index is 12.7. The van der Waals surface area contributed by atoms with Gasteiger partial charge in [-0.1, -0.05) is 60.3 Å². The van der Waals surface area contributed by atoms with Gasteiger partial charge in [-0.2, -0.15) is 0 Å². The molecule has 214 valence electrons. The van der Waals surface area contributed by atoms with Gasteiger partial charge in [-0.15, -0.1) is 0 Å². The third-order valence-corrected chi connectivity index (χ3v) is 7.73. The van der Waals surface area contributed by atoms with Gasteiger partial charge in [-0.3, -0.25) is 0 Å². The van der Waals surface area contributed by atoms with E-state index in [1.54, 1.807) is 39.5 Å². The van der Waals surface area contributed by atoms with E-state index in [2.05, 4.69) is 40.2 Å². The maximum atomic E-state index is 12.7. The standard InChI is InChI=1S/C31H37Cl2N3O4/c1-38-28-14-23(15-29(39-2)30(28)40-3)21-10-8-20(9-11-21)22(12-13-34-26-6-4-5-7-26)19-35-31(37)36-27-17-24(32)16-25(33)18-27/h8-11,14-18,22,26,34H,4-7,12-13,19H2,1-3H3,(H2,35,36,37). The quantitative estimate of drug-likeness (QED) is 0.205. The third-order valence-electron chi connectivity index (χ3n) is 7.29. The van der Waals surface area contributed by atoms with Crippen molar-refractivity contribution < 1.29 is 19.0 Å². The lowest BCUT2D eigenvalue weighted by molar-refractivity contribution is 0.251. The number of methoxy groups -OCH3 is 3. The summed E-state index contributed by atoms with van der Waals surface area (Å²) >= 11 is 12.1. The number of nitrogens with one attached hydrogen (secondary N) is 3. The van der Waals surface area contributed by atoms with E-state index in [-0.39, 0.29) is 11.9 Å². The van der Waals surface area contributed by atoms with Crippen molar-refractivity contribution in [3.8, 4) is 28.4 Å². The summed E-state index contributed by atoms with van der Waals surface area (Å²) in [5, 5.41) is 10.5. The molecule has 1 fully saturated rings. The number of hydrogen-bond acceptors (Lipinski definition) is 5. The van der Waals surface area contributed by atoms with Gasteiger partial charge in [-0.05, 0) is 72.8 Å². The Hall–Kier alpha value is -3.13. The Balaban J connectivity index is 1.48. The fourth-order valence-electron chi connectivity index (χ4n) is 5.19. The van der Waals surface area contributed by atoms with Gasteiger partial charge in [0.05, 0.1) is 21.3 Å². The summed E-state index contributed by atoms with van der Waals surface area (Å²) in [5.41, 5.74) is 3.67. The fourth-order valence-corrected chi connectivity index (χ4v) is 5.72. The summed E-state index contributed by atoms with van der Waals surface area (Å²) in [4.78, 5) is 12.7. The molecule has 1 aliphatic rings. The van der Waals surface area contributed by atoms with Crippen LogP contribution in [-0.2, 0) is 0 Å². The van der Waals surface area contributed by atoms with E-state index in [0.29, 0.717) is 45.6 Å². The minimum atomic E-state index is -0.305. The molecule has 4 rings (SSSR count). The normalized spacial score (nSPS) is 14.0. The molecule has 2 amide bonds. The van der Waals surface area contributed by atoms with Crippen LogP contribution in [-0.4, -0.2) is 46.5 Å². The Labute approximate surface area is 246 Å². The molecule has 3 aromatic rings. The summed E-state index contributed by atoms with van der Waals surface area (Å²) in [6.07, 6.45) is 5.94. The minimum absolute atomic E-state index is 0.122. The highest BCUT2D eigenvalue weighted by Crippen LogP contribution is 2.41. The monoisotopic (exact) mass is 585 g/mol. The van der Waals surface area contributed by atoms with Crippen LogP contribution in [0, 0.1) is 0 Å². The predicted octanol–water partition coefficient (Wildman–Crippen LogP) is 7.51. The number of hydrogen-bond donors (Lipinski definition) is 3. The molecule has 9 heteroatoms. The summed E-state index contributed by atoms with van der Waals surface area (Å²) in [5.74, 6) is 1.89. The Morgan fingerprint density at radius 2 is 1.50 bits per heavy atom. The van der Waals surface area contributed by atoms with Crippen LogP contribution in [0.2, 0.25) is 10.0 Å². The molecule has 3 aromatic carbocycles. The van der Waals surface area contributed by atoms with Crippen molar-refractivity contribution in [3.63, 3.8) is 0 Å². The van der Waals surface area contributed by atoms with E-state index in [9.17, 15) is 4.79 Å². The first-order chi connectivity index (χ1) is 19.4. The number of carbonyl (C=O) groups excluding carboxylic acids is 1. The Morgan fingerprint density at radius 1 is 0.875 bits per heavy atom. The van der Waals surface area contributed by atoms with E-state index >= 15 is 0 Å². The van der Waals surface area contributed by atoms with Crippen molar-refractivity contribution in [2.75, 3.05) is 39.7 Å². The molecule has 3 N–H and O–H groups in total. The van der Waals surface area contributed by atoms with Crippen LogP contribution in [0.25, 0.3) is 11.1 Å². The third kappa shape index (κ3) is 7.96. The van der Waals surface area contributed by atoms with Gasteiger partial charge < -0.3 is 30.2 Å². The fraction of sp³-hybridized carbons (Fsp3) is 0.387. The molecule has 0 bridgehead atoms. The molecule has 0 aromatic heterocycles. The highest BCUT2D eigenvalue weighted by Gasteiger charge is 2.18. The molecule has 1 saturated carbocycles. The smallest absolute Gasteiger partial charge is 0.319 e. The molecule has 0 saturated heterocycles. The second-order valence-corrected chi connectivity index (χ2v) is 10.8. The number of amides is 2. The summed E-state index contributed by atoms with van der Waals surface area (Å²) < 4.78 is 16.5. The van der Waals surface area contributed by atoms with Crippen LogP contribution in [0.15, 0.2) is 54.6 Å². The van der Waals surface area contributed by atoms with Gasteiger partial charge in [-0.25, -0.2) is 4.79 Å². The number of anilines is 1. The summed E-state index contributed by atoms with van der Waals surface area (Å²) in [6, 6.07) is 17.5. The molecule has 0 radical (unpaired) electrons. The van der Waals surface area contributed by atoms with Gasteiger partial charge in [0.15, 0.2) is 11.5 Å². The van der Waals surface area contributed by atoms with Crippen molar-refractivity contribution in [2.24, 2.45) is 0 Å². The van der Waals surface area contributed by atoms with Crippen LogP contribution in [0.5, 0.6) is 17.2 Å². The average molecular weight is 587 g/mol. The van der Waals surface area contributed by atoms with E-state index in [0.717, 1.165) is 29.7 Å². The molecule has 0 heterocycles. The van der Waals surface area contributed by atoms with E-state index in [4.69, 9.17) is 37.4 Å². The molecule has 1 aliphatic carbocycles. The minimum Gasteiger partial charge on any atom is -0.493 e. The van der Waals surface area contributed by atoms with Gasteiger partial charge in [0, 0.05) is 34.2 Å². The molecule has 1 unspecified atom stereocenters. The van der Waals surface area contributed by atoms with Crippen LogP contribution < -0.4 is 30.2 Å². The van der Waals surface area contributed by atoms with Crippen LogP contribution in [0.1, 0.15) is 43.6 Å². The lowest BCUT2D eigenvalue weighted by atomic mass is 9.93. The highest BCUT2D eigenvalue weighted by atomic mass is 35.5. The molecule has 0 aliphatic heterocycles. The van der Waals surface area contributed by atoms with Crippen molar-refractivity contribution in [3.05, 3.63) is 70.2 Å². The van der Waals surface area contributed by atoms with E-state index in [1.165, 1.54) is 25.7 Å². The number of ether oxygens (including phenoxy) is 3. The zero-order valence-electron chi connectivity index (χ0n) is 23.2. The zero-order valence-corrected chi connectivity index (χ0v) is 24.7. The Morgan fingerprint density at radius 3 is 2.08 bits per heavy atom. The first-order valence-electron chi connectivity index (χ1n) is 13.5. The van der Waals surface area contributed by atoms with Gasteiger partial charge in [0.2, 0.25) is 5.75 Å².